The molecule has 0 saturated carbocycles. The van der Waals surface area contributed by atoms with Crippen LogP contribution in [0.1, 0.15) is 27.7 Å². The van der Waals surface area contributed by atoms with E-state index in [4.69, 9.17) is 23.7 Å². The van der Waals surface area contributed by atoms with Crippen molar-refractivity contribution in [1.82, 2.24) is 9.97 Å². The molecule has 2 aromatic rings. The highest BCUT2D eigenvalue weighted by Gasteiger charge is 2.52. The largest absolute Gasteiger partial charge is 0.463 e. The Bertz CT molecular complexity index is 1010. The van der Waals surface area contributed by atoms with Crippen molar-refractivity contribution < 1.29 is 42.9 Å². The zero-order valence-corrected chi connectivity index (χ0v) is 19.2. The average molecular weight is 480 g/mol. The summed E-state index contributed by atoms with van der Waals surface area (Å²) >= 11 is 1.09. The number of ether oxygens (including phenoxy) is 5. The van der Waals surface area contributed by atoms with Crippen molar-refractivity contribution in [3.05, 3.63) is 24.3 Å². The zero-order valence-electron chi connectivity index (χ0n) is 18.4. The molecule has 1 aromatic carbocycles. The molecule has 33 heavy (non-hydrogen) atoms. The van der Waals surface area contributed by atoms with E-state index in [0.717, 1.165) is 17.3 Å². The molecule has 0 aliphatic carbocycles. The van der Waals surface area contributed by atoms with E-state index in [1.807, 2.05) is 24.3 Å². The van der Waals surface area contributed by atoms with Crippen molar-refractivity contribution in [2.45, 2.75) is 62.7 Å². The minimum atomic E-state index is -1.22. The summed E-state index contributed by atoms with van der Waals surface area (Å²) in [6.45, 7) is 4.47. The van der Waals surface area contributed by atoms with Crippen molar-refractivity contribution in [3.8, 4) is 0 Å². The molecule has 0 radical (unpaired) electrons. The van der Waals surface area contributed by atoms with Crippen molar-refractivity contribution in [2.75, 3.05) is 6.61 Å². The fraction of sp³-hybridized carbons (Fsp3) is 0.476. The lowest BCUT2D eigenvalue weighted by molar-refractivity contribution is -0.237. The summed E-state index contributed by atoms with van der Waals surface area (Å²) in [5.74, 6) is -2.60. The fourth-order valence-electron chi connectivity index (χ4n) is 3.38. The number of esters is 4. The maximum atomic E-state index is 11.9. The number of aromatic amines is 1. The van der Waals surface area contributed by atoms with E-state index in [-0.39, 0.29) is 6.61 Å². The maximum absolute atomic E-state index is 11.9. The summed E-state index contributed by atoms with van der Waals surface area (Å²) < 4.78 is 27.4. The number of imidazole rings is 1. The van der Waals surface area contributed by atoms with Crippen LogP contribution in [0.5, 0.6) is 0 Å². The molecule has 0 bridgehead atoms. The lowest BCUT2D eigenvalue weighted by Crippen LogP contribution is -2.61. The summed E-state index contributed by atoms with van der Waals surface area (Å²) in [4.78, 5) is 54.5. The smallest absolute Gasteiger partial charge is 0.303 e. The first kappa shape index (κ1) is 24.5. The van der Waals surface area contributed by atoms with Crippen LogP contribution in [0.2, 0.25) is 0 Å². The number of rotatable bonds is 7. The number of nitrogens with one attached hydrogen (secondary N) is 1. The highest BCUT2D eigenvalue weighted by molar-refractivity contribution is 7.99. The molecular weight excluding hydrogens is 456 g/mol. The SMILES string of the molecule is CC(=O)OC[C@H]1O[C@@H](Sc2nc3ccccc3[nH]2)[C@@H](OC(C)=O)[C@@H](OC(C)=O)[C@@H]1OC(C)=O. The number of carbonyl (C=O) groups is 4. The van der Waals surface area contributed by atoms with E-state index in [1.54, 1.807) is 0 Å². The quantitative estimate of drug-likeness (QED) is 0.457. The lowest BCUT2D eigenvalue weighted by Gasteiger charge is -2.43. The number of para-hydroxylation sites is 2. The van der Waals surface area contributed by atoms with Gasteiger partial charge in [0.25, 0.3) is 0 Å². The van der Waals surface area contributed by atoms with Gasteiger partial charge in [0.1, 0.15) is 12.7 Å². The molecule has 0 spiro atoms. The van der Waals surface area contributed by atoms with Crippen LogP contribution in [-0.4, -0.2) is 70.3 Å². The molecule has 5 atom stereocenters. The Labute approximate surface area is 193 Å². The number of H-pyrrole nitrogens is 1. The summed E-state index contributed by atoms with van der Waals surface area (Å²) in [5.41, 5.74) is 0.558. The summed E-state index contributed by atoms with van der Waals surface area (Å²) in [6.07, 6.45) is -4.56. The molecule has 1 N–H and O–H groups in total. The minimum absolute atomic E-state index is 0.283. The molecule has 3 rings (SSSR count). The predicted octanol–water partition coefficient (Wildman–Crippen LogP) is 1.74. The molecule has 1 aliphatic heterocycles. The van der Waals surface area contributed by atoms with Crippen LogP contribution in [0.3, 0.4) is 0 Å². The number of fused-ring (bicyclic) bond motifs is 1. The number of benzene rings is 1. The Balaban J connectivity index is 1.98. The lowest BCUT2D eigenvalue weighted by atomic mass is 9.99. The van der Waals surface area contributed by atoms with E-state index >= 15 is 0 Å². The van der Waals surface area contributed by atoms with Crippen LogP contribution in [0.15, 0.2) is 29.4 Å². The van der Waals surface area contributed by atoms with Crippen LogP contribution >= 0.6 is 11.8 Å². The van der Waals surface area contributed by atoms with Crippen LogP contribution < -0.4 is 0 Å². The molecule has 0 unspecified atom stereocenters. The topological polar surface area (TPSA) is 143 Å². The van der Waals surface area contributed by atoms with E-state index in [1.165, 1.54) is 27.7 Å². The van der Waals surface area contributed by atoms with Gasteiger partial charge in [-0.15, -0.1) is 0 Å². The second-order valence-corrected chi connectivity index (χ2v) is 8.33. The first-order chi connectivity index (χ1) is 15.6. The summed E-state index contributed by atoms with van der Waals surface area (Å²) in [5, 5.41) is 0.456. The van der Waals surface area contributed by atoms with Crippen molar-refractivity contribution in [3.63, 3.8) is 0 Å². The monoisotopic (exact) mass is 480 g/mol. The first-order valence-corrected chi connectivity index (χ1v) is 10.9. The third-order valence-corrected chi connectivity index (χ3v) is 5.57. The van der Waals surface area contributed by atoms with Gasteiger partial charge < -0.3 is 28.7 Å². The van der Waals surface area contributed by atoms with Crippen molar-refractivity contribution in [1.29, 1.82) is 0 Å². The Morgan fingerprint density at radius 1 is 0.909 bits per heavy atom. The second kappa shape index (κ2) is 10.7. The molecule has 178 valence electrons. The standard InChI is InChI=1S/C21H24N2O9S/c1-10(24)28-9-16-17(29-11(2)25)18(30-12(3)26)19(31-13(4)27)20(32-16)33-21-22-14-7-5-6-8-15(14)23-21/h5-8,16-20H,9H2,1-4H3,(H,22,23)/t16-,17-,18+,19+,20+/m1/s1. The molecule has 12 heteroatoms. The molecule has 1 aromatic heterocycles. The van der Waals surface area contributed by atoms with Gasteiger partial charge in [-0.05, 0) is 12.1 Å². The third kappa shape index (κ3) is 6.45. The van der Waals surface area contributed by atoms with Gasteiger partial charge >= 0.3 is 23.9 Å². The van der Waals surface area contributed by atoms with E-state index in [2.05, 4.69) is 9.97 Å². The van der Waals surface area contributed by atoms with Gasteiger partial charge in [0, 0.05) is 27.7 Å². The van der Waals surface area contributed by atoms with Gasteiger partial charge in [-0.3, -0.25) is 19.2 Å². The van der Waals surface area contributed by atoms with Crippen LogP contribution in [-0.2, 0) is 42.9 Å². The fourth-order valence-corrected chi connectivity index (χ4v) is 4.46. The number of thioether (sulfide) groups is 1. The van der Waals surface area contributed by atoms with Crippen molar-refractivity contribution in [2.24, 2.45) is 0 Å². The van der Waals surface area contributed by atoms with Crippen LogP contribution in [0, 0.1) is 0 Å². The molecular formula is C21H24N2O9S. The highest BCUT2D eigenvalue weighted by Crippen LogP contribution is 2.37. The Hall–Kier alpha value is -3.12. The number of nitrogens with zero attached hydrogens (tertiary/aromatic N) is 1. The number of hydrogen-bond acceptors (Lipinski definition) is 11. The van der Waals surface area contributed by atoms with Gasteiger partial charge in [-0.25, -0.2) is 4.98 Å². The van der Waals surface area contributed by atoms with Gasteiger partial charge in [0.2, 0.25) is 0 Å². The summed E-state index contributed by atoms with van der Waals surface area (Å²) in [6, 6.07) is 7.36. The normalized spacial score (nSPS) is 24.7. The van der Waals surface area contributed by atoms with Gasteiger partial charge in [0.05, 0.1) is 11.0 Å². The molecule has 1 saturated heterocycles. The van der Waals surface area contributed by atoms with E-state index < -0.39 is 53.7 Å². The molecule has 11 nitrogen and oxygen atoms in total. The zero-order chi connectivity index (χ0) is 24.1. The molecule has 0 amide bonds. The Morgan fingerprint density at radius 3 is 2.12 bits per heavy atom. The van der Waals surface area contributed by atoms with Crippen LogP contribution in [0.25, 0.3) is 11.0 Å². The van der Waals surface area contributed by atoms with E-state index in [0.29, 0.717) is 10.7 Å². The molecule has 2 heterocycles. The van der Waals surface area contributed by atoms with Crippen LogP contribution in [0.4, 0.5) is 0 Å². The number of hydrogen-bond donors (Lipinski definition) is 1. The van der Waals surface area contributed by atoms with Gasteiger partial charge in [0.15, 0.2) is 28.9 Å². The molecule has 1 aliphatic rings. The highest BCUT2D eigenvalue weighted by atomic mass is 32.2. The van der Waals surface area contributed by atoms with Gasteiger partial charge in [-0.1, -0.05) is 23.9 Å². The average Bonchev–Trinajstić information content (AvgIpc) is 3.12. The number of carbonyl (C=O) groups excluding carboxylic acids is 4. The Kier molecular flexibility index (Phi) is 7.92. The van der Waals surface area contributed by atoms with Crippen molar-refractivity contribution >= 4 is 46.7 Å². The predicted molar refractivity (Wildman–Crippen MR) is 114 cm³/mol. The summed E-state index contributed by atoms with van der Waals surface area (Å²) in [7, 11) is 0. The Morgan fingerprint density at radius 2 is 1.52 bits per heavy atom. The first-order valence-electron chi connectivity index (χ1n) is 10.1. The van der Waals surface area contributed by atoms with Gasteiger partial charge in [-0.2, -0.15) is 0 Å². The maximum Gasteiger partial charge on any atom is 0.303 e. The second-order valence-electron chi connectivity index (χ2n) is 7.24. The molecule has 1 fully saturated rings. The number of aromatic nitrogens is 2. The van der Waals surface area contributed by atoms with E-state index in [9.17, 15) is 19.2 Å². The third-order valence-electron chi connectivity index (χ3n) is 4.54. The minimum Gasteiger partial charge on any atom is -0.463 e.